The summed E-state index contributed by atoms with van der Waals surface area (Å²) >= 11 is 0. The summed E-state index contributed by atoms with van der Waals surface area (Å²) in [6.07, 6.45) is -21.5. The van der Waals surface area contributed by atoms with E-state index in [9.17, 15) is 86.1 Å². The van der Waals surface area contributed by atoms with Gasteiger partial charge in [0.05, 0.1) is 46.9 Å². The first-order chi connectivity index (χ1) is 15.6. The Morgan fingerprint density at radius 3 is 0.400 bits per heavy atom. The largest absolute Gasteiger partial charge is 3.00 e. The zero-order valence-electron chi connectivity index (χ0n) is 17.4. The predicted octanol–water partition coefficient (Wildman–Crippen LogP) is -10.7. The van der Waals surface area contributed by atoms with Gasteiger partial charge in [-0.1, -0.05) is 0 Å². The van der Waals surface area contributed by atoms with Crippen molar-refractivity contribution in [1.82, 2.24) is 0 Å². The van der Waals surface area contributed by atoms with E-state index in [4.69, 9.17) is 0 Å². The van der Waals surface area contributed by atoms with Gasteiger partial charge in [-0.05, 0) is 0 Å². The molecule has 34 heteroatoms. The van der Waals surface area contributed by atoms with E-state index in [1.807, 2.05) is 0 Å². The monoisotopic (exact) mass is 1280 g/mol. The van der Waals surface area contributed by atoms with E-state index < -0.39 is 83.6 Å². The number of phosphoric acid groups is 6. The first-order valence-corrected chi connectivity index (χ1v) is 16.6. The molecule has 0 N–H and O–H groups in total. The van der Waals surface area contributed by atoms with Crippen LogP contribution in [0.5, 0.6) is 0 Å². The van der Waals surface area contributed by atoms with Crippen molar-refractivity contribution in [3.63, 3.8) is 0 Å². The van der Waals surface area contributed by atoms with Crippen LogP contribution in [0.2, 0.25) is 0 Å². The van der Waals surface area contributed by atoms with E-state index in [0.29, 0.717) is 0 Å². The minimum atomic E-state index is -6.68. The van der Waals surface area contributed by atoms with Gasteiger partial charge in [-0.2, -0.15) is 0 Å². The van der Waals surface area contributed by atoms with Crippen LogP contribution in [0.3, 0.4) is 0 Å². The summed E-state index contributed by atoms with van der Waals surface area (Å²) in [5.74, 6) is 0. The first kappa shape index (κ1) is 52.8. The van der Waals surface area contributed by atoms with E-state index in [2.05, 4.69) is 27.1 Å². The van der Waals surface area contributed by atoms with E-state index in [-0.39, 0.29) is 160 Å². The Hall–Kier alpha value is 5.96. The number of phosphoric ester groups is 6. The van der Waals surface area contributed by atoms with Gasteiger partial charge in [-0.3, -0.25) is 0 Å². The second-order valence-corrected chi connectivity index (χ2v) is 12.7. The summed E-state index contributed by atoms with van der Waals surface area (Å²) in [7, 11) is -40.1. The average Bonchev–Trinajstić information content (AvgIpc) is 2.51. The molecule has 0 spiro atoms. The topological polar surface area (TPSA) is 435 Å². The molecule has 0 amide bonds. The molecule has 1 aliphatic carbocycles. The van der Waals surface area contributed by atoms with E-state index >= 15 is 0 Å². The Kier molecular flexibility index (Phi) is 26.3. The molecule has 0 aliphatic heterocycles. The Morgan fingerprint density at radius 2 is 0.350 bits per heavy atom. The third-order valence-electron chi connectivity index (χ3n) is 3.45. The van der Waals surface area contributed by atoms with Crippen molar-refractivity contribution in [2.24, 2.45) is 0 Å². The van der Waals surface area contributed by atoms with Crippen LogP contribution in [-0.4, -0.2) is 36.6 Å². The fraction of sp³-hybridized carbons (Fsp3) is 1.00. The smallest absolute Gasteiger partial charge is 0.790 e. The zero-order chi connectivity index (χ0) is 28.7. The Morgan fingerprint density at radius 1 is 0.275 bits per heavy atom. The summed E-state index contributed by atoms with van der Waals surface area (Å²) in [5.41, 5.74) is 0. The van der Waals surface area contributed by atoms with Gasteiger partial charge >= 0.3 is 160 Å². The van der Waals surface area contributed by atoms with Crippen LogP contribution in [0, 0.1) is 160 Å². The third kappa shape index (κ3) is 22.6. The molecule has 0 bridgehead atoms. The molecule has 0 aromatic rings. The molecule has 0 unspecified atom stereocenters. The maximum atomic E-state index is 11.1. The molecule has 1 fully saturated rings. The van der Waals surface area contributed by atoms with Gasteiger partial charge in [0.25, 0.3) is 0 Å². The van der Waals surface area contributed by atoms with Crippen LogP contribution in [0.15, 0.2) is 0 Å². The van der Waals surface area contributed by atoms with Crippen LogP contribution in [0.1, 0.15) is 0 Å². The van der Waals surface area contributed by atoms with Crippen molar-refractivity contribution in [1.29, 1.82) is 0 Å². The summed E-state index contributed by atoms with van der Waals surface area (Å²) in [4.78, 5) is 133. The van der Waals surface area contributed by atoms with Crippen LogP contribution in [-0.2, 0) is 54.5 Å². The first-order valence-electron chi connectivity index (χ1n) is 7.80. The predicted molar refractivity (Wildman–Crippen MR) is 74.9 cm³/mol. The molecule has 0 saturated heterocycles. The van der Waals surface area contributed by atoms with Crippen LogP contribution < -0.4 is 58.7 Å². The molecule has 0 heterocycles. The molecule has 1 rings (SSSR count). The molecule has 1 aliphatic rings. The maximum Gasteiger partial charge on any atom is 3.00 e. The van der Waals surface area contributed by atoms with Gasteiger partial charge in [0.1, 0.15) is 36.6 Å². The fourth-order valence-electron chi connectivity index (χ4n) is 2.74. The molecular formula is C6H6Gd4O24P6. The maximum absolute atomic E-state index is 11.1. The second kappa shape index (κ2) is 20.0. The molecule has 0 aromatic heterocycles. The van der Waals surface area contributed by atoms with Crippen LogP contribution in [0.4, 0.5) is 0 Å². The molecule has 236 valence electrons. The SMILES string of the molecule is O=P([O-])([O-])OC1C(OP(=O)([O-])[O-])C(OP(=O)([O-])[O-])C(OP(=O)([O-])[O-])C(OP(=O)([O-])[O-])C1OP(=O)([O-])[O-].[Gd+3].[Gd+3].[Gd+3].[Gd+3]. The second-order valence-electron chi connectivity index (χ2n) is 6.10. The molecule has 0 aromatic carbocycles. The number of hydrogen-bond acceptors (Lipinski definition) is 24. The molecule has 40 heavy (non-hydrogen) atoms. The van der Waals surface area contributed by atoms with Crippen LogP contribution in [0.25, 0.3) is 0 Å². The van der Waals surface area contributed by atoms with Crippen molar-refractivity contribution in [2.45, 2.75) is 36.6 Å². The third-order valence-corrected chi connectivity index (χ3v) is 6.46. The molecule has 24 nitrogen and oxygen atoms in total. The van der Waals surface area contributed by atoms with Crippen molar-refractivity contribution < 1.29 is 273 Å². The number of hydrogen-bond donors (Lipinski definition) is 0. The van der Waals surface area contributed by atoms with E-state index in [1.54, 1.807) is 0 Å². The van der Waals surface area contributed by atoms with Gasteiger partial charge in [0.2, 0.25) is 0 Å². The zero-order valence-corrected chi connectivity index (χ0v) is 31.8. The summed E-state index contributed by atoms with van der Waals surface area (Å²) < 4.78 is 88.3. The Balaban J connectivity index is -0.00000162. The quantitative estimate of drug-likeness (QED) is 0.164. The van der Waals surface area contributed by atoms with Gasteiger partial charge in [-0.25, -0.2) is 0 Å². The molecule has 1 saturated carbocycles. The van der Waals surface area contributed by atoms with Crippen LogP contribution >= 0.6 is 46.9 Å². The molecule has 4 radical (unpaired) electrons. The van der Waals surface area contributed by atoms with Crippen molar-refractivity contribution in [3.8, 4) is 0 Å². The molecule has 0 atom stereocenters. The Labute approximate surface area is 350 Å². The van der Waals surface area contributed by atoms with Gasteiger partial charge in [0, 0.05) is 0 Å². The van der Waals surface area contributed by atoms with Gasteiger partial charge in [0.15, 0.2) is 0 Å². The van der Waals surface area contributed by atoms with Crippen molar-refractivity contribution >= 4 is 46.9 Å². The van der Waals surface area contributed by atoms with Crippen molar-refractivity contribution in [3.05, 3.63) is 0 Å². The van der Waals surface area contributed by atoms with E-state index in [1.165, 1.54) is 0 Å². The average molecular weight is 1280 g/mol. The number of rotatable bonds is 12. The normalized spacial score (nSPS) is 26.4. The molecular weight excluding hydrogens is 1270 g/mol. The van der Waals surface area contributed by atoms with Crippen molar-refractivity contribution in [2.75, 3.05) is 0 Å². The van der Waals surface area contributed by atoms with Gasteiger partial charge < -0.3 is 113 Å². The summed E-state index contributed by atoms with van der Waals surface area (Å²) in [6.45, 7) is 0. The summed E-state index contributed by atoms with van der Waals surface area (Å²) in [5, 5.41) is 0. The van der Waals surface area contributed by atoms with Gasteiger partial charge in [-0.15, -0.1) is 0 Å². The fourth-order valence-corrected chi connectivity index (χ4v) is 5.96. The summed E-state index contributed by atoms with van der Waals surface area (Å²) in [6, 6.07) is 0. The minimum absolute atomic E-state index is 0. The van der Waals surface area contributed by atoms with E-state index in [0.717, 1.165) is 0 Å². The Bertz CT molecular complexity index is 837. The standard InChI is InChI=1S/C6H18O24P6.4Gd/c7-31(8,9)25-1-2(26-32(10,11)12)4(28-34(16,17)18)6(30-36(22,23)24)5(29-35(19,20)21)3(1)27-33(13,14)15;;;;/h1-6H,(H2,7,8,9)(H2,10,11,12)(H2,13,14,15)(H2,16,17,18)(H2,19,20,21)(H2,22,23,24);;;;/q;4*+3/p-12. The minimum Gasteiger partial charge on any atom is -0.790 e.